The van der Waals surface area contributed by atoms with Crippen LogP contribution in [0.2, 0.25) is 5.02 Å². The maximum Gasteiger partial charge on any atom is 0.119 e. The molecule has 0 bridgehead atoms. The topological polar surface area (TPSA) is 46.5 Å². The Hall–Kier alpha value is -2.59. The minimum Gasteiger partial charge on any atom is -0.494 e. The summed E-state index contributed by atoms with van der Waals surface area (Å²) in [6.45, 7) is 2.62. The first-order valence-electron chi connectivity index (χ1n) is 7.32. The Bertz CT molecular complexity index is 831. The molecule has 3 rings (SSSR count). The van der Waals surface area contributed by atoms with Crippen molar-refractivity contribution in [3.8, 4) is 5.75 Å². The molecule has 0 aliphatic carbocycles. The molecule has 0 amide bonds. The summed E-state index contributed by atoms with van der Waals surface area (Å²) < 4.78 is 5.41. The molecule has 4 nitrogen and oxygen atoms in total. The summed E-state index contributed by atoms with van der Waals surface area (Å²) in [5.41, 5.74) is 5.75. The van der Waals surface area contributed by atoms with E-state index in [2.05, 4.69) is 15.5 Å². The molecule has 1 heterocycles. The summed E-state index contributed by atoms with van der Waals surface area (Å²) in [6, 6.07) is 15.3. The van der Waals surface area contributed by atoms with E-state index in [4.69, 9.17) is 16.3 Å². The summed E-state index contributed by atoms with van der Waals surface area (Å²) in [6.07, 6.45) is 3.49. The lowest BCUT2D eigenvalue weighted by atomic mass is 10.2. The molecule has 1 N–H and O–H groups in total. The first kappa shape index (κ1) is 15.3. The van der Waals surface area contributed by atoms with Gasteiger partial charge in [-0.3, -0.25) is 10.4 Å². The number of fused-ring (bicyclic) bond motifs is 1. The van der Waals surface area contributed by atoms with Crippen molar-refractivity contribution in [2.24, 2.45) is 5.10 Å². The predicted octanol–water partition coefficient (Wildman–Crippen LogP) is 4.73. The van der Waals surface area contributed by atoms with Gasteiger partial charge in [0.15, 0.2) is 0 Å². The molecule has 0 spiro atoms. The lowest BCUT2D eigenvalue weighted by molar-refractivity contribution is 0.340. The van der Waals surface area contributed by atoms with Crippen LogP contribution in [0.4, 0.5) is 5.69 Å². The smallest absolute Gasteiger partial charge is 0.119 e. The zero-order chi connectivity index (χ0) is 16.1. The summed E-state index contributed by atoms with van der Waals surface area (Å²) >= 11 is 5.99. The highest BCUT2D eigenvalue weighted by atomic mass is 35.5. The van der Waals surface area contributed by atoms with Crippen LogP contribution in [-0.4, -0.2) is 17.8 Å². The molecule has 23 heavy (non-hydrogen) atoms. The predicted molar refractivity (Wildman–Crippen MR) is 95.6 cm³/mol. The van der Waals surface area contributed by atoms with Crippen LogP contribution in [0.1, 0.15) is 12.5 Å². The Morgan fingerprint density at radius 2 is 2.00 bits per heavy atom. The second-order valence-corrected chi connectivity index (χ2v) is 5.33. The van der Waals surface area contributed by atoms with Gasteiger partial charge in [0.05, 0.1) is 24.0 Å². The molecule has 3 aromatic rings. The number of anilines is 1. The van der Waals surface area contributed by atoms with E-state index in [9.17, 15) is 0 Å². The average Bonchev–Trinajstić information content (AvgIpc) is 2.56. The largest absolute Gasteiger partial charge is 0.494 e. The van der Waals surface area contributed by atoms with Crippen LogP contribution in [0.15, 0.2) is 59.8 Å². The van der Waals surface area contributed by atoms with Crippen LogP contribution in [-0.2, 0) is 0 Å². The number of pyridine rings is 1. The highest BCUT2D eigenvalue weighted by Crippen LogP contribution is 2.24. The van der Waals surface area contributed by atoms with Gasteiger partial charge in [0.25, 0.3) is 0 Å². The number of nitrogens with one attached hydrogen (secondary N) is 1. The monoisotopic (exact) mass is 325 g/mol. The zero-order valence-corrected chi connectivity index (χ0v) is 13.4. The fraction of sp³-hybridized carbons (Fsp3) is 0.111. The molecule has 0 saturated carbocycles. The van der Waals surface area contributed by atoms with Gasteiger partial charge in [-0.1, -0.05) is 11.6 Å². The average molecular weight is 326 g/mol. The van der Waals surface area contributed by atoms with E-state index in [1.54, 1.807) is 12.4 Å². The van der Waals surface area contributed by atoms with E-state index < -0.39 is 0 Å². The molecule has 0 fully saturated rings. The molecule has 0 radical (unpaired) electrons. The number of hydrazone groups is 1. The number of benzene rings is 2. The van der Waals surface area contributed by atoms with Gasteiger partial charge < -0.3 is 4.74 Å². The van der Waals surface area contributed by atoms with Crippen molar-refractivity contribution in [1.29, 1.82) is 0 Å². The molecular weight excluding hydrogens is 310 g/mol. The van der Waals surface area contributed by atoms with E-state index in [-0.39, 0.29) is 0 Å². The third kappa shape index (κ3) is 3.79. The molecule has 5 heteroatoms. The third-order valence-corrected chi connectivity index (χ3v) is 3.53. The van der Waals surface area contributed by atoms with Gasteiger partial charge in [0.1, 0.15) is 5.75 Å². The highest BCUT2D eigenvalue weighted by molar-refractivity contribution is 6.31. The first-order chi connectivity index (χ1) is 11.3. The van der Waals surface area contributed by atoms with Crippen molar-refractivity contribution in [1.82, 2.24) is 4.98 Å². The standard InChI is InChI=1S/C18H16ClN3O/c1-2-23-15-6-3-13(4-7-15)12-21-22-17-9-10-20-18-11-14(19)5-8-16(17)18/h3-12H,2H2,1H3,(H,20,22)/b21-12-. The first-order valence-corrected chi connectivity index (χ1v) is 7.70. The zero-order valence-electron chi connectivity index (χ0n) is 12.7. The van der Waals surface area contributed by atoms with Gasteiger partial charge in [-0.25, -0.2) is 0 Å². The van der Waals surface area contributed by atoms with Gasteiger partial charge in [-0.2, -0.15) is 5.10 Å². The summed E-state index contributed by atoms with van der Waals surface area (Å²) in [5, 5.41) is 5.92. The van der Waals surface area contributed by atoms with E-state index >= 15 is 0 Å². The normalized spacial score (nSPS) is 11.0. The van der Waals surface area contributed by atoms with Crippen molar-refractivity contribution in [2.45, 2.75) is 6.92 Å². The molecule has 0 saturated heterocycles. The molecule has 0 unspecified atom stereocenters. The highest BCUT2D eigenvalue weighted by Gasteiger charge is 2.01. The molecule has 0 atom stereocenters. The molecule has 1 aromatic heterocycles. The van der Waals surface area contributed by atoms with E-state index in [1.165, 1.54) is 0 Å². The molecule has 116 valence electrons. The SMILES string of the molecule is CCOc1ccc(/C=N\Nc2ccnc3cc(Cl)ccc23)cc1. The number of hydrogen-bond acceptors (Lipinski definition) is 4. The van der Waals surface area contributed by atoms with Gasteiger partial charge in [0, 0.05) is 16.6 Å². The maximum atomic E-state index is 5.99. The van der Waals surface area contributed by atoms with Crippen LogP contribution in [0, 0.1) is 0 Å². The quantitative estimate of drug-likeness (QED) is 0.544. The number of halogens is 1. The van der Waals surface area contributed by atoms with Gasteiger partial charge in [-0.15, -0.1) is 0 Å². The van der Waals surface area contributed by atoms with E-state index in [1.807, 2.05) is 55.5 Å². The van der Waals surface area contributed by atoms with Gasteiger partial charge in [0.2, 0.25) is 0 Å². The third-order valence-electron chi connectivity index (χ3n) is 3.29. The Morgan fingerprint density at radius 3 is 2.78 bits per heavy atom. The fourth-order valence-corrected chi connectivity index (χ4v) is 2.38. The van der Waals surface area contributed by atoms with Crippen LogP contribution in [0.5, 0.6) is 5.75 Å². The molecular formula is C18H16ClN3O. The Balaban J connectivity index is 1.75. The van der Waals surface area contributed by atoms with Crippen LogP contribution in [0.3, 0.4) is 0 Å². The Morgan fingerprint density at radius 1 is 1.17 bits per heavy atom. The lowest BCUT2D eigenvalue weighted by Crippen LogP contribution is -1.94. The Labute approximate surface area is 139 Å². The summed E-state index contributed by atoms with van der Waals surface area (Å²) in [7, 11) is 0. The number of aromatic nitrogens is 1. The van der Waals surface area contributed by atoms with E-state index in [0.717, 1.165) is 27.9 Å². The van der Waals surface area contributed by atoms with Crippen molar-refractivity contribution < 1.29 is 4.74 Å². The Kier molecular flexibility index (Phi) is 4.74. The van der Waals surface area contributed by atoms with Crippen molar-refractivity contribution in [3.05, 3.63) is 65.3 Å². The van der Waals surface area contributed by atoms with Gasteiger partial charge >= 0.3 is 0 Å². The second kappa shape index (κ2) is 7.11. The van der Waals surface area contributed by atoms with Crippen molar-refractivity contribution >= 4 is 34.4 Å². The molecule has 0 aliphatic heterocycles. The fourth-order valence-electron chi connectivity index (χ4n) is 2.21. The number of nitrogens with zero attached hydrogens (tertiary/aromatic N) is 2. The van der Waals surface area contributed by atoms with Crippen molar-refractivity contribution in [2.75, 3.05) is 12.0 Å². The van der Waals surface area contributed by atoms with Crippen LogP contribution >= 0.6 is 11.6 Å². The number of hydrogen-bond donors (Lipinski definition) is 1. The van der Waals surface area contributed by atoms with Crippen LogP contribution in [0.25, 0.3) is 10.9 Å². The molecule has 2 aromatic carbocycles. The number of rotatable bonds is 5. The summed E-state index contributed by atoms with van der Waals surface area (Å²) in [5.74, 6) is 0.856. The lowest BCUT2D eigenvalue weighted by Gasteiger charge is -2.05. The van der Waals surface area contributed by atoms with Gasteiger partial charge in [-0.05, 0) is 61.0 Å². The molecule has 0 aliphatic rings. The minimum absolute atomic E-state index is 0.661. The van der Waals surface area contributed by atoms with E-state index in [0.29, 0.717) is 11.6 Å². The minimum atomic E-state index is 0.661. The van der Waals surface area contributed by atoms with Crippen LogP contribution < -0.4 is 10.2 Å². The number of ether oxygens (including phenoxy) is 1. The maximum absolute atomic E-state index is 5.99. The second-order valence-electron chi connectivity index (χ2n) is 4.89. The van der Waals surface area contributed by atoms with Crippen molar-refractivity contribution in [3.63, 3.8) is 0 Å². The summed E-state index contributed by atoms with van der Waals surface area (Å²) in [4.78, 5) is 4.31.